The zero-order valence-corrected chi connectivity index (χ0v) is 12.8. The molecule has 0 saturated heterocycles. The van der Waals surface area contributed by atoms with Gasteiger partial charge in [-0.25, -0.2) is 0 Å². The number of benzene rings is 2. The molecular formula is C13H9Br2NO3. The maximum atomic E-state index is 11.0. The number of nitro benzene ring substituents is 1. The first-order chi connectivity index (χ1) is 9.06. The molecule has 0 fully saturated rings. The van der Waals surface area contributed by atoms with E-state index in [2.05, 4.69) is 31.9 Å². The van der Waals surface area contributed by atoms with Gasteiger partial charge in [-0.3, -0.25) is 10.1 Å². The molecule has 0 bridgehead atoms. The molecule has 0 N–H and O–H groups in total. The van der Waals surface area contributed by atoms with Gasteiger partial charge in [-0.1, -0.05) is 37.9 Å². The lowest BCUT2D eigenvalue weighted by molar-refractivity contribution is -0.385. The average molecular weight is 387 g/mol. The van der Waals surface area contributed by atoms with Crippen LogP contribution in [0.1, 0.15) is 5.56 Å². The second kappa shape index (κ2) is 6.16. The quantitative estimate of drug-likeness (QED) is 0.565. The molecule has 98 valence electrons. The standard InChI is InChI=1S/C13H9Br2NO3/c14-10-2-1-3-12(6-10)19-8-9-4-5-11(15)7-13(9)16(17)18/h1-7H,8H2. The van der Waals surface area contributed by atoms with E-state index in [0.29, 0.717) is 15.8 Å². The fourth-order valence-electron chi connectivity index (χ4n) is 1.55. The molecule has 0 heterocycles. The first-order valence-corrected chi connectivity index (χ1v) is 6.96. The lowest BCUT2D eigenvalue weighted by Crippen LogP contribution is -2.00. The Morgan fingerprint density at radius 1 is 1.11 bits per heavy atom. The van der Waals surface area contributed by atoms with Gasteiger partial charge < -0.3 is 4.74 Å². The highest BCUT2D eigenvalue weighted by molar-refractivity contribution is 9.10. The molecule has 0 aliphatic heterocycles. The van der Waals surface area contributed by atoms with E-state index in [9.17, 15) is 10.1 Å². The molecule has 0 aromatic heterocycles. The summed E-state index contributed by atoms with van der Waals surface area (Å²) in [5.74, 6) is 0.659. The molecule has 0 unspecified atom stereocenters. The van der Waals surface area contributed by atoms with Crippen LogP contribution in [0.5, 0.6) is 5.75 Å². The van der Waals surface area contributed by atoms with E-state index in [0.717, 1.165) is 4.47 Å². The van der Waals surface area contributed by atoms with Crippen LogP contribution in [-0.4, -0.2) is 4.92 Å². The number of nitro groups is 1. The van der Waals surface area contributed by atoms with Gasteiger partial charge in [-0.15, -0.1) is 0 Å². The predicted octanol–water partition coefficient (Wildman–Crippen LogP) is 4.70. The minimum absolute atomic E-state index is 0.0457. The van der Waals surface area contributed by atoms with E-state index in [-0.39, 0.29) is 12.3 Å². The van der Waals surface area contributed by atoms with Crippen molar-refractivity contribution in [1.29, 1.82) is 0 Å². The summed E-state index contributed by atoms with van der Waals surface area (Å²) in [6, 6.07) is 12.2. The Morgan fingerprint density at radius 3 is 2.53 bits per heavy atom. The molecule has 0 aliphatic rings. The molecular weight excluding hydrogens is 378 g/mol. The van der Waals surface area contributed by atoms with Crippen molar-refractivity contribution in [2.45, 2.75) is 6.61 Å². The average Bonchev–Trinajstić information content (AvgIpc) is 2.37. The Kier molecular flexibility index (Phi) is 4.55. The van der Waals surface area contributed by atoms with Gasteiger partial charge in [0.05, 0.1) is 10.5 Å². The van der Waals surface area contributed by atoms with E-state index in [1.165, 1.54) is 6.07 Å². The molecule has 0 spiro atoms. The summed E-state index contributed by atoms with van der Waals surface area (Å²) in [6.07, 6.45) is 0. The van der Waals surface area contributed by atoms with Crippen LogP contribution in [0.3, 0.4) is 0 Å². The van der Waals surface area contributed by atoms with Crippen molar-refractivity contribution in [3.8, 4) is 5.75 Å². The summed E-state index contributed by atoms with van der Waals surface area (Å²) in [5, 5.41) is 11.0. The minimum atomic E-state index is -0.412. The van der Waals surface area contributed by atoms with Gasteiger partial charge in [0.25, 0.3) is 5.69 Å². The van der Waals surface area contributed by atoms with E-state index in [4.69, 9.17) is 4.74 Å². The first-order valence-electron chi connectivity index (χ1n) is 5.37. The molecule has 0 aliphatic carbocycles. The van der Waals surface area contributed by atoms with Gasteiger partial charge in [0, 0.05) is 15.0 Å². The van der Waals surface area contributed by atoms with Gasteiger partial charge >= 0.3 is 0 Å². The van der Waals surface area contributed by atoms with Crippen molar-refractivity contribution in [3.05, 3.63) is 67.1 Å². The molecule has 0 radical (unpaired) electrons. The van der Waals surface area contributed by atoms with Crippen LogP contribution in [-0.2, 0) is 6.61 Å². The van der Waals surface area contributed by atoms with Crippen molar-refractivity contribution >= 4 is 37.5 Å². The van der Waals surface area contributed by atoms with E-state index in [1.807, 2.05) is 18.2 Å². The van der Waals surface area contributed by atoms with E-state index in [1.54, 1.807) is 18.2 Å². The smallest absolute Gasteiger partial charge is 0.277 e. The maximum absolute atomic E-state index is 11.0. The molecule has 4 nitrogen and oxygen atoms in total. The Labute approximate surface area is 126 Å². The zero-order chi connectivity index (χ0) is 13.8. The molecule has 2 aromatic rings. The summed E-state index contributed by atoms with van der Waals surface area (Å²) in [5.41, 5.74) is 0.581. The van der Waals surface area contributed by atoms with Crippen LogP contribution in [0.15, 0.2) is 51.4 Å². The van der Waals surface area contributed by atoms with Crippen molar-refractivity contribution in [1.82, 2.24) is 0 Å². The summed E-state index contributed by atoms with van der Waals surface area (Å²) in [7, 11) is 0. The Morgan fingerprint density at radius 2 is 1.84 bits per heavy atom. The monoisotopic (exact) mass is 385 g/mol. The highest BCUT2D eigenvalue weighted by Crippen LogP contribution is 2.25. The Hall–Kier alpha value is -1.40. The number of ether oxygens (including phenoxy) is 1. The number of rotatable bonds is 4. The van der Waals surface area contributed by atoms with Gasteiger partial charge in [0.1, 0.15) is 12.4 Å². The largest absolute Gasteiger partial charge is 0.489 e. The lowest BCUT2D eigenvalue weighted by atomic mass is 10.2. The van der Waals surface area contributed by atoms with Gasteiger partial charge in [0.15, 0.2) is 0 Å². The fraction of sp³-hybridized carbons (Fsp3) is 0.0769. The lowest BCUT2D eigenvalue weighted by Gasteiger charge is -2.07. The van der Waals surface area contributed by atoms with Crippen molar-refractivity contribution in [3.63, 3.8) is 0 Å². The van der Waals surface area contributed by atoms with Crippen LogP contribution in [0.2, 0.25) is 0 Å². The number of hydrogen-bond acceptors (Lipinski definition) is 3. The maximum Gasteiger partial charge on any atom is 0.277 e. The predicted molar refractivity (Wildman–Crippen MR) is 79.3 cm³/mol. The normalized spacial score (nSPS) is 10.2. The summed E-state index contributed by atoms with van der Waals surface area (Å²) >= 11 is 6.56. The van der Waals surface area contributed by atoms with Crippen LogP contribution >= 0.6 is 31.9 Å². The van der Waals surface area contributed by atoms with Gasteiger partial charge in [-0.2, -0.15) is 0 Å². The molecule has 2 rings (SSSR count). The van der Waals surface area contributed by atoms with Crippen molar-refractivity contribution < 1.29 is 9.66 Å². The summed E-state index contributed by atoms with van der Waals surface area (Å²) in [4.78, 5) is 10.5. The highest BCUT2D eigenvalue weighted by Gasteiger charge is 2.14. The molecule has 0 saturated carbocycles. The van der Waals surface area contributed by atoms with Gasteiger partial charge in [-0.05, 0) is 30.3 Å². The van der Waals surface area contributed by atoms with Crippen LogP contribution in [0.25, 0.3) is 0 Å². The zero-order valence-electron chi connectivity index (χ0n) is 9.68. The van der Waals surface area contributed by atoms with E-state index >= 15 is 0 Å². The molecule has 0 amide bonds. The van der Waals surface area contributed by atoms with Crippen LogP contribution in [0.4, 0.5) is 5.69 Å². The van der Waals surface area contributed by atoms with Crippen molar-refractivity contribution in [2.75, 3.05) is 0 Å². The molecule has 19 heavy (non-hydrogen) atoms. The Balaban J connectivity index is 2.17. The second-order valence-electron chi connectivity index (χ2n) is 3.78. The SMILES string of the molecule is O=[N+]([O-])c1cc(Br)ccc1COc1cccc(Br)c1. The van der Waals surface area contributed by atoms with Crippen molar-refractivity contribution in [2.24, 2.45) is 0 Å². The summed E-state index contributed by atoms with van der Waals surface area (Å²) < 4.78 is 7.12. The Bertz CT molecular complexity index is 617. The number of hydrogen-bond donors (Lipinski definition) is 0. The molecule has 2 aromatic carbocycles. The first kappa shape index (κ1) is 14.0. The number of halogens is 2. The molecule has 0 atom stereocenters. The fourth-order valence-corrected chi connectivity index (χ4v) is 2.27. The van der Waals surface area contributed by atoms with E-state index < -0.39 is 4.92 Å². The van der Waals surface area contributed by atoms with Crippen LogP contribution in [0, 0.1) is 10.1 Å². The highest BCUT2D eigenvalue weighted by atomic mass is 79.9. The molecule has 6 heteroatoms. The third-order valence-electron chi connectivity index (χ3n) is 2.43. The topological polar surface area (TPSA) is 52.4 Å². The van der Waals surface area contributed by atoms with Crippen LogP contribution < -0.4 is 4.74 Å². The number of nitrogens with zero attached hydrogens (tertiary/aromatic N) is 1. The second-order valence-corrected chi connectivity index (χ2v) is 5.61. The van der Waals surface area contributed by atoms with Gasteiger partial charge in [0.2, 0.25) is 0 Å². The third-order valence-corrected chi connectivity index (χ3v) is 3.42. The third kappa shape index (κ3) is 3.78. The minimum Gasteiger partial charge on any atom is -0.489 e. The summed E-state index contributed by atoms with van der Waals surface area (Å²) in [6.45, 7) is 0.153.